The maximum atomic E-state index is 10.7. The van der Waals surface area contributed by atoms with Gasteiger partial charge in [-0.25, -0.2) is 9.90 Å². The van der Waals surface area contributed by atoms with Crippen LogP contribution in [0.2, 0.25) is 0 Å². The van der Waals surface area contributed by atoms with Crippen LogP contribution in [0.4, 0.5) is 0 Å². The normalized spacial score (nSPS) is 11.1. The van der Waals surface area contributed by atoms with Gasteiger partial charge < -0.3 is 4.74 Å². The number of rotatable bonds is 2. The lowest BCUT2D eigenvalue weighted by Gasteiger charge is -2.10. The summed E-state index contributed by atoms with van der Waals surface area (Å²) < 4.78 is 4.45. The second-order valence-electron chi connectivity index (χ2n) is 2.23. The minimum absolute atomic E-state index is 0.268. The topological polar surface area (TPSA) is 46.2 Å². The van der Waals surface area contributed by atoms with Crippen LogP contribution in [0.5, 0.6) is 0 Å². The Labute approximate surface area is 54.6 Å². The molecule has 0 heterocycles. The molecule has 0 aromatic rings. The molecule has 1 radical (unpaired) electrons. The standard InChI is InChI=1S/C6H11O3/c1-4-9-5(7)6(2,3)8/h4H2,1-3H3. The zero-order valence-electron chi connectivity index (χ0n) is 5.93. The Morgan fingerprint density at radius 2 is 2.00 bits per heavy atom. The van der Waals surface area contributed by atoms with Gasteiger partial charge in [-0.2, -0.15) is 0 Å². The molecule has 0 aromatic heterocycles. The van der Waals surface area contributed by atoms with Gasteiger partial charge in [-0.1, -0.05) is 0 Å². The van der Waals surface area contributed by atoms with Gasteiger partial charge in [-0.15, -0.1) is 0 Å². The summed E-state index contributed by atoms with van der Waals surface area (Å²) in [4.78, 5) is 10.5. The van der Waals surface area contributed by atoms with Crippen LogP contribution in [-0.4, -0.2) is 18.2 Å². The Morgan fingerprint density at radius 3 is 2.11 bits per heavy atom. The average molecular weight is 131 g/mol. The third kappa shape index (κ3) is 3.08. The lowest BCUT2D eigenvalue weighted by molar-refractivity contribution is -0.167. The molecule has 3 nitrogen and oxygen atoms in total. The van der Waals surface area contributed by atoms with Crippen molar-refractivity contribution in [2.75, 3.05) is 6.61 Å². The van der Waals surface area contributed by atoms with E-state index in [9.17, 15) is 9.90 Å². The van der Waals surface area contributed by atoms with Crippen molar-refractivity contribution in [3.8, 4) is 0 Å². The van der Waals surface area contributed by atoms with E-state index < -0.39 is 11.6 Å². The average Bonchev–Trinajstić information content (AvgIpc) is 1.64. The van der Waals surface area contributed by atoms with E-state index in [1.165, 1.54) is 13.8 Å². The van der Waals surface area contributed by atoms with Gasteiger partial charge in [0, 0.05) is 0 Å². The molecule has 0 aliphatic heterocycles. The Kier molecular flexibility index (Phi) is 2.65. The van der Waals surface area contributed by atoms with Gasteiger partial charge in [0.25, 0.3) is 0 Å². The predicted molar refractivity (Wildman–Crippen MR) is 31.4 cm³/mol. The summed E-state index contributed by atoms with van der Waals surface area (Å²) in [5.41, 5.74) is -1.60. The number of carbonyl (C=O) groups excluding carboxylic acids is 1. The maximum Gasteiger partial charge on any atom is 0.341 e. The molecule has 0 saturated heterocycles. The molecule has 0 aromatic carbocycles. The Morgan fingerprint density at radius 1 is 1.56 bits per heavy atom. The first-order valence-electron chi connectivity index (χ1n) is 2.86. The Balaban J connectivity index is 3.74. The van der Waals surface area contributed by atoms with Crippen molar-refractivity contribution >= 4 is 5.97 Å². The van der Waals surface area contributed by atoms with Crippen molar-refractivity contribution < 1.29 is 14.6 Å². The summed E-state index contributed by atoms with van der Waals surface area (Å²) in [5, 5.41) is 10.7. The van der Waals surface area contributed by atoms with E-state index >= 15 is 0 Å². The van der Waals surface area contributed by atoms with Crippen LogP contribution in [0, 0.1) is 0 Å². The second kappa shape index (κ2) is 2.82. The highest BCUT2D eigenvalue weighted by molar-refractivity contribution is 5.77. The summed E-state index contributed by atoms with van der Waals surface area (Å²) in [6, 6.07) is 0. The van der Waals surface area contributed by atoms with Gasteiger partial charge in [0.2, 0.25) is 0 Å². The van der Waals surface area contributed by atoms with Gasteiger partial charge in [-0.05, 0) is 20.8 Å². The maximum absolute atomic E-state index is 10.7. The van der Waals surface area contributed by atoms with Gasteiger partial charge in [-0.3, -0.25) is 0 Å². The van der Waals surface area contributed by atoms with E-state index in [0.29, 0.717) is 0 Å². The summed E-state index contributed by atoms with van der Waals surface area (Å²) in [7, 11) is 0. The quantitative estimate of drug-likeness (QED) is 0.519. The molecule has 9 heavy (non-hydrogen) atoms. The van der Waals surface area contributed by atoms with E-state index in [0.717, 1.165) is 0 Å². The fourth-order valence-electron chi connectivity index (χ4n) is 0.305. The van der Waals surface area contributed by atoms with Crippen LogP contribution in [0.15, 0.2) is 0 Å². The highest BCUT2D eigenvalue weighted by atomic mass is 16.5. The van der Waals surface area contributed by atoms with E-state index in [1.54, 1.807) is 6.92 Å². The number of carbonyl (C=O) groups is 1. The Hall–Kier alpha value is -0.570. The first-order chi connectivity index (χ1) is 3.98. The third-order valence-corrected chi connectivity index (χ3v) is 0.767. The van der Waals surface area contributed by atoms with Crippen molar-refractivity contribution in [3.63, 3.8) is 0 Å². The van der Waals surface area contributed by atoms with Crippen molar-refractivity contribution in [1.82, 2.24) is 0 Å². The molecule has 0 bridgehead atoms. The number of hydrogen-bond donors (Lipinski definition) is 0. The third-order valence-electron chi connectivity index (χ3n) is 0.767. The highest BCUT2D eigenvalue weighted by Gasteiger charge is 2.27. The minimum atomic E-state index is -1.60. The number of esters is 1. The molecular weight excluding hydrogens is 120 g/mol. The molecule has 0 spiro atoms. The van der Waals surface area contributed by atoms with Crippen LogP contribution in [0.1, 0.15) is 20.8 Å². The number of hydrogen-bond acceptors (Lipinski definition) is 2. The summed E-state index contributed by atoms with van der Waals surface area (Å²) >= 11 is 0. The predicted octanol–water partition coefficient (Wildman–Crippen LogP) is 0.759. The summed E-state index contributed by atoms with van der Waals surface area (Å²) in [6.07, 6.45) is 0. The molecule has 0 atom stereocenters. The van der Waals surface area contributed by atoms with E-state index in [1.807, 2.05) is 0 Å². The largest absolute Gasteiger partial charge is 0.464 e. The van der Waals surface area contributed by atoms with Crippen molar-refractivity contribution in [2.24, 2.45) is 0 Å². The fourth-order valence-corrected chi connectivity index (χ4v) is 0.305. The van der Waals surface area contributed by atoms with Crippen LogP contribution < -0.4 is 0 Å². The summed E-state index contributed by atoms with van der Waals surface area (Å²) in [6.45, 7) is 4.50. The zero-order chi connectivity index (χ0) is 7.49. The fraction of sp³-hybridized carbons (Fsp3) is 0.833. The summed E-state index contributed by atoms with van der Waals surface area (Å²) in [5.74, 6) is -0.690. The first kappa shape index (κ1) is 8.43. The SMILES string of the molecule is CCOC(=O)C(C)(C)[O]. The molecule has 0 N–H and O–H groups in total. The second-order valence-corrected chi connectivity index (χ2v) is 2.23. The van der Waals surface area contributed by atoms with Gasteiger partial charge in [0.05, 0.1) is 6.61 Å². The smallest absolute Gasteiger partial charge is 0.341 e. The molecule has 0 rings (SSSR count). The first-order valence-corrected chi connectivity index (χ1v) is 2.86. The minimum Gasteiger partial charge on any atom is -0.464 e. The molecule has 0 aliphatic carbocycles. The molecule has 3 heteroatoms. The number of ether oxygens (including phenoxy) is 1. The van der Waals surface area contributed by atoms with Gasteiger partial charge in [0.15, 0.2) is 5.60 Å². The van der Waals surface area contributed by atoms with Crippen LogP contribution in [0.3, 0.4) is 0 Å². The molecule has 53 valence electrons. The lowest BCUT2D eigenvalue weighted by Crippen LogP contribution is -2.31. The van der Waals surface area contributed by atoms with Gasteiger partial charge in [0.1, 0.15) is 0 Å². The Bertz CT molecular complexity index is 101. The van der Waals surface area contributed by atoms with E-state index in [4.69, 9.17) is 0 Å². The molecule has 0 aliphatic rings. The van der Waals surface area contributed by atoms with Crippen molar-refractivity contribution in [1.29, 1.82) is 0 Å². The molecule has 0 unspecified atom stereocenters. The van der Waals surface area contributed by atoms with Crippen molar-refractivity contribution in [3.05, 3.63) is 0 Å². The van der Waals surface area contributed by atoms with Crippen LogP contribution in [-0.2, 0) is 14.6 Å². The highest BCUT2D eigenvalue weighted by Crippen LogP contribution is 2.03. The molecule has 0 saturated carbocycles. The molecule has 0 amide bonds. The van der Waals surface area contributed by atoms with Gasteiger partial charge >= 0.3 is 5.97 Å². The molecular formula is C6H11O3. The van der Waals surface area contributed by atoms with Crippen LogP contribution >= 0.6 is 0 Å². The monoisotopic (exact) mass is 131 g/mol. The lowest BCUT2D eigenvalue weighted by atomic mass is 10.1. The zero-order valence-corrected chi connectivity index (χ0v) is 5.93. The van der Waals surface area contributed by atoms with E-state index in [2.05, 4.69) is 4.74 Å². The molecule has 0 fully saturated rings. The van der Waals surface area contributed by atoms with Crippen LogP contribution in [0.25, 0.3) is 0 Å². The van der Waals surface area contributed by atoms with Crippen molar-refractivity contribution in [2.45, 2.75) is 26.4 Å². The van der Waals surface area contributed by atoms with E-state index in [-0.39, 0.29) is 6.61 Å².